The molecule has 2 aromatic carbocycles. The number of carbonyl (C=O) groups is 1. The van der Waals surface area contributed by atoms with Gasteiger partial charge in [-0.3, -0.25) is 4.79 Å². The Bertz CT molecular complexity index is 810. The van der Waals surface area contributed by atoms with Crippen molar-refractivity contribution in [2.75, 3.05) is 12.1 Å². The summed E-state index contributed by atoms with van der Waals surface area (Å²) in [4.78, 5) is 12.6. The molecule has 0 aliphatic carbocycles. The monoisotopic (exact) mass is 308 g/mol. The van der Waals surface area contributed by atoms with E-state index in [1.54, 1.807) is 31.2 Å². The molecule has 0 unspecified atom stereocenters. The molecule has 3 rings (SSSR count). The van der Waals surface area contributed by atoms with Gasteiger partial charge in [0, 0.05) is 5.56 Å². The third-order valence-corrected chi connectivity index (χ3v) is 3.61. The van der Waals surface area contributed by atoms with Crippen LogP contribution in [0.15, 0.2) is 59.2 Å². The molecule has 0 saturated carbocycles. The molecule has 0 saturated heterocycles. The van der Waals surface area contributed by atoms with Gasteiger partial charge in [-0.05, 0) is 31.2 Å². The zero-order valence-electron chi connectivity index (χ0n) is 12.9. The summed E-state index contributed by atoms with van der Waals surface area (Å²) in [5, 5.41) is 15.8. The Morgan fingerprint density at radius 1 is 1.13 bits per heavy atom. The second kappa shape index (κ2) is 5.96. The molecule has 1 amide bonds. The van der Waals surface area contributed by atoms with E-state index in [1.165, 1.54) is 12.1 Å². The molecule has 0 bridgehead atoms. The van der Waals surface area contributed by atoms with Crippen LogP contribution < -0.4 is 9.75 Å². The van der Waals surface area contributed by atoms with E-state index in [0.29, 0.717) is 28.3 Å². The van der Waals surface area contributed by atoms with Gasteiger partial charge in [-0.25, -0.2) is 0 Å². The summed E-state index contributed by atoms with van der Waals surface area (Å²) in [7, 11) is 1.48. The molecular weight excluding hydrogens is 292 g/mol. The number of phenols is 1. The van der Waals surface area contributed by atoms with Crippen molar-refractivity contribution in [2.45, 2.75) is 6.92 Å². The van der Waals surface area contributed by atoms with Crippen LogP contribution in [0.25, 0.3) is 6.08 Å². The first-order valence-corrected chi connectivity index (χ1v) is 7.14. The molecule has 0 spiro atoms. The fourth-order valence-corrected chi connectivity index (χ4v) is 2.40. The number of carbonyl (C=O) groups excluding carboxylic acids is 1. The molecule has 5 heteroatoms. The maximum absolute atomic E-state index is 12.6. The van der Waals surface area contributed by atoms with E-state index in [4.69, 9.17) is 4.74 Å². The van der Waals surface area contributed by atoms with E-state index in [2.05, 4.69) is 5.10 Å². The largest absolute Gasteiger partial charge is 0.504 e. The van der Waals surface area contributed by atoms with Crippen molar-refractivity contribution in [1.29, 1.82) is 0 Å². The first-order valence-electron chi connectivity index (χ1n) is 7.14. The van der Waals surface area contributed by atoms with Crippen LogP contribution in [0.1, 0.15) is 12.5 Å². The van der Waals surface area contributed by atoms with E-state index in [0.717, 1.165) is 0 Å². The summed E-state index contributed by atoms with van der Waals surface area (Å²) in [5.41, 5.74) is 2.26. The lowest BCUT2D eigenvalue weighted by atomic mass is 10.1. The smallest absolute Gasteiger partial charge is 0.280 e. The van der Waals surface area contributed by atoms with Gasteiger partial charge < -0.3 is 9.84 Å². The number of hydrogen-bond acceptors (Lipinski definition) is 4. The van der Waals surface area contributed by atoms with E-state index < -0.39 is 0 Å². The Morgan fingerprint density at radius 3 is 2.57 bits per heavy atom. The third kappa shape index (κ3) is 2.68. The van der Waals surface area contributed by atoms with E-state index in [-0.39, 0.29) is 11.7 Å². The number of rotatable bonds is 3. The maximum Gasteiger partial charge on any atom is 0.280 e. The lowest BCUT2D eigenvalue weighted by Gasteiger charge is -2.11. The molecule has 1 heterocycles. The number of amides is 1. The highest BCUT2D eigenvalue weighted by molar-refractivity contribution is 6.32. The second-order valence-electron chi connectivity index (χ2n) is 5.09. The second-order valence-corrected chi connectivity index (χ2v) is 5.09. The average Bonchev–Trinajstić information content (AvgIpc) is 2.85. The summed E-state index contributed by atoms with van der Waals surface area (Å²) in [5.74, 6) is 0.136. The molecule has 0 aromatic heterocycles. The van der Waals surface area contributed by atoms with Crippen molar-refractivity contribution in [3.05, 3.63) is 59.7 Å². The molecule has 0 fully saturated rings. The van der Waals surface area contributed by atoms with Crippen molar-refractivity contribution in [1.82, 2.24) is 0 Å². The van der Waals surface area contributed by atoms with Gasteiger partial charge in [0.15, 0.2) is 11.5 Å². The van der Waals surface area contributed by atoms with Crippen molar-refractivity contribution in [3.8, 4) is 11.5 Å². The number of phenolic OH excluding ortho intramolecular Hbond substituents is 1. The van der Waals surface area contributed by atoms with E-state index >= 15 is 0 Å². The molecule has 1 aliphatic heterocycles. The van der Waals surface area contributed by atoms with Crippen LogP contribution in [0.2, 0.25) is 0 Å². The van der Waals surface area contributed by atoms with Crippen LogP contribution in [0.5, 0.6) is 11.5 Å². The quantitative estimate of drug-likeness (QED) is 0.886. The standard InChI is InChI=1S/C18H16N2O3/c1-12-15(11-13-7-6-10-16(23-2)17(13)21)18(22)20(19-12)14-8-4-3-5-9-14/h3-11,21H,1-2H3/b15-11-. The molecule has 23 heavy (non-hydrogen) atoms. The summed E-state index contributed by atoms with van der Waals surface area (Å²) in [6, 6.07) is 14.4. The van der Waals surface area contributed by atoms with Crippen molar-refractivity contribution < 1.29 is 14.6 Å². The van der Waals surface area contributed by atoms with Crippen LogP contribution in [0, 0.1) is 0 Å². The molecular formula is C18H16N2O3. The van der Waals surface area contributed by atoms with Crippen LogP contribution in [-0.4, -0.2) is 23.8 Å². The molecule has 1 N–H and O–H groups in total. The summed E-state index contributed by atoms with van der Waals surface area (Å²) in [6.07, 6.45) is 1.63. The lowest BCUT2D eigenvalue weighted by Crippen LogP contribution is -2.21. The highest BCUT2D eigenvalue weighted by atomic mass is 16.5. The highest BCUT2D eigenvalue weighted by Gasteiger charge is 2.28. The van der Waals surface area contributed by atoms with Crippen LogP contribution in [0.3, 0.4) is 0 Å². The van der Waals surface area contributed by atoms with Crippen molar-refractivity contribution in [3.63, 3.8) is 0 Å². The Morgan fingerprint density at radius 2 is 1.87 bits per heavy atom. The minimum absolute atomic E-state index is 0.00117. The summed E-state index contributed by atoms with van der Waals surface area (Å²) in [6.45, 7) is 1.77. The number of nitrogens with zero attached hydrogens (tertiary/aromatic N) is 2. The van der Waals surface area contributed by atoms with Crippen LogP contribution in [0.4, 0.5) is 5.69 Å². The normalized spacial score (nSPS) is 15.9. The zero-order valence-corrected chi connectivity index (χ0v) is 12.9. The predicted molar refractivity (Wildman–Crippen MR) is 89.7 cm³/mol. The van der Waals surface area contributed by atoms with Crippen LogP contribution >= 0.6 is 0 Å². The maximum atomic E-state index is 12.6. The highest BCUT2D eigenvalue weighted by Crippen LogP contribution is 2.32. The first kappa shape index (κ1) is 14.8. The minimum Gasteiger partial charge on any atom is -0.504 e. The number of methoxy groups -OCH3 is 1. The van der Waals surface area contributed by atoms with Gasteiger partial charge in [-0.2, -0.15) is 10.1 Å². The number of hydrazone groups is 1. The van der Waals surface area contributed by atoms with Gasteiger partial charge in [-0.15, -0.1) is 0 Å². The van der Waals surface area contributed by atoms with Gasteiger partial charge >= 0.3 is 0 Å². The van der Waals surface area contributed by atoms with Crippen molar-refractivity contribution >= 4 is 23.4 Å². The minimum atomic E-state index is -0.226. The van der Waals surface area contributed by atoms with Gasteiger partial charge in [0.2, 0.25) is 0 Å². The predicted octanol–water partition coefficient (Wildman–Crippen LogP) is 3.21. The lowest BCUT2D eigenvalue weighted by molar-refractivity contribution is -0.114. The average molecular weight is 308 g/mol. The Kier molecular flexibility index (Phi) is 3.85. The fourth-order valence-electron chi connectivity index (χ4n) is 2.40. The summed E-state index contributed by atoms with van der Waals surface area (Å²) >= 11 is 0. The van der Waals surface area contributed by atoms with Gasteiger partial charge in [0.1, 0.15) is 0 Å². The number of ether oxygens (including phenoxy) is 1. The molecule has 0 radical (unpaired) electrons. The zero-order chi connectivity index (χ0) is 16.4. The SMILES string of the molecule is COc1cccc(/C=C2\C(=O)N(c3ccccc3)N=C2C)c1O. The Labute approximate surface area is 134 Å². The molecule has 2 aromatic rings. The topological polar surface area (TPSA) is 62.1 Å². The van der Waals surface area contributed by atoms with E-state index in [9.17, 15) is 9.90 Å². The first-order chi connectivity index (χ1) is 11.1. The van der Waals surface area contributed by atoms with Gasteiger partial charge in [0.05, 0.1) is 24.1 Å². The Hall–Kier alpha value is -3.08. The molecule has 5 nitrogen and oxygen atoms in total. The fraction of sp³-hybridized carbons (Fsp3) is 0.111. The van der Waals surface area contributed by atoms with Gasteiger partial charge in [0.25, 0.3) is 5.91 Å². The number of anilines is 1. The Balaban J connectivity index is 1.99. The number of para-hydroxylation sites is 2. The number of benzene rings is 2. The van der Waals surface area contributed by atoms with Crippen LogP contribution in [-0.2, 0) is 4.79 Å². The van der Waals surface area contributed by atoms with E-state index in [1.807, 2.05) is 30.3 Å². The molecule has 0 atom stereocenters. The summed E-state index contributed by atoms with van der Waals surface area (Å²) < 4.78 is 5.09. The van der Waals surface area contributed by atoms with Gasteiger partial charge in [-0.1, -0.05) is 30.3 Å². The third-order valence-electron chi connectivity index (χ3n) is 3.61. The molecule has 116 valence electrons. The number of aromatic hydroxyl groups is 1. The molecule has 1 aliphatic rings. The number of hydrogen-bond donors (Lipinski definition) is 1. The van der Waals surface area contributed by atoms with Crippen molar-refractivity contribution in [2.24, 2.45) is 5.10 Å².